The summed E-state index contributed by atoms with van der Waals surface area (Å²) in [5.74, 6) is 0. The van der Waals surface area contributed by atoms with Crippen LogP contribution in [0.3, 0.4) is 0 Å². The normalized spacial score (nSPS) is 13.6. The summed E-state index contributed by atoms with van der Waals surface area (Å²) in [4.78, 5) is 0. The molecule has 49 valence electrons. The van der Waals surface area contributed by atoms with E-state index in [9.17, 15) is 0 Å². The quantitative estimate of drug-likeness (QED) is 0.590. The van der Waals surface area contributed by atoms with Crippen LogP contribution in [0, 0.1) is 6.92 Å². The fourth-order valence-electron chi connectivity index (χ4n) is 0.585. The summed E-state index contributed by atoms with van der Waals surface area (Å²) in [5, 5.41) is 7.49. The van der Waals surface area contributed by atoms with Gasteiger partial charge in [0.1, 0.15) is 0 Å². The van der Waals surface area contributed by atoms with Crippen molar-refractivity contribution in [1.29, 1.82) is 0 Å². The van der Waals surface area contributed by atoms with Crippen LogP contribution < -0.4 is 0 Å². The topological polar surface area (TPSA) is 30.7 Å². The highest BCUT2D eigenvalue weighted by Gasteiger charge is 1.98. The zero-order valence-corrected chi connectivity index (χ0v) is 5.49. The summed E-state index contributed by atoms with van der Waals surface area (Å²) in [6, 6.07) is 0.368. The number of aromatic nitrogens is 3. The zero-order chi connectivity index (χ0) is 6.69. The molecule has 1 unspecified atom stereocenters. The third kappa shape index (κ3) is 1.28. The Bertz CT molecular complexity index is 157. The van der Waals surface area contributed by atoms with Crippen molar-refractivity contribution < 1.29 is 0 Å². The lowest BCUT2D eigenvalue weighted by Gasteiger charge is -2.05. The minimum atomic E-state index is 0.368. The van der Waals surface area contributed by atoms with Crippen LogP contribution in [0.25, 0.3) is 0 Å². The Hall–Kier alpha value is -0.860. The second-order valence-electron chi connectivity index (χ2n) is 2.02. The van der Waals surface area contributed by atoms with Gasteiger partial charge in [0.05, 0.1) is 12.2 Å². The van der Waals surface area contributed by atoms with Gasteiger partial charge in [-0.05, 0) is 13.3 Å². The van der Waals surface area contributed by atoms with Gasteiger partial charge in [-0.1, -0.05) is 12.1 Å². The molecule has 0 spiro atoms. The highest BCUT2D eigenvalue weighted by atomic mass is 15.4. The Kier molecular flexibility index (Phi) is 1.82. The first kappa shape index (κ1) is 6.26. The van der Waals surface area contributed by atoms with Crippen molar-refractivity contribution in [2.24, 2.45) is 0 Å². The minimum absolute atomic E-state index is 0.368. The fourth-order valence-corrected chi connectivity index (χ4v) is 0.585. The average Bonchev–Trinajstić information content (AvgIpc) is 2.37. The first-order valence-corrected chi connectivity index (χ1v) is 2.99. The number of hydrogen-bond acceptors (Lipinski definition) is 2. The molecule has 1 atom stereocenters. The molecular weight excluding hydrogens is 114 g/mol. The molecule has 1 rings (SSSR count). The molecule has 0 aliphatic carbocycles. The Morgan fingerprint density at radius 1 is 1.78 bits per heavy atom. The Balaban J connectivity index is 2.65. The molecule has 3 nitrogen and oxygen atoms in total. The van der Waals surface area contributed by atoms with Crippen molar-refractivity contribution in [2.45, 2.75) is 19.4 Å². The second-order valence-corrected chi connectivity index (χ2v) is 2.02. The Labute approximate surface area is 54.7 Å². The van der Waals surface area contributed by atoms with Gasteiger partial charge in [0.2, 0.25) is 0 Å². The van der Waals surface area contributed by atoms with E-state index in [0.29, 0.717) is 6.04 Å². The maximum atomic E-state index is 3.81. The van der Waals surface area contributed by atoms with E-state index in [4.69, 9.17) is 0 Å². The fraction of sp³-hybridized carbons (Fsp3) is 0.500. The van der Waals surface area contributed by atoms with Gasteiger partial charge in [0, 0.05) is 6.20 Å². The molecule has 0 amide bonds. The smallest absolute Gasteiger partial charge is 0.0693 e. The van der Waals surface area contributed by atoms with E-state index in [1.54, 1.807) is 10.9 Å². The van der Waals surface area contributed by atoms with Crippen LogP contribution in [0.1, 0.15) is 19.4 Å². The van der Waals surface area contributed by atoms with Crippen LogP contribution in [0.4, 0.5) is 0 Å². The zero-order valence-electron chi connectivity index (χ0n) is 5.49. The van der Waals surface area contributed by atoms with E-state index in [-0.39, 0.29) is 0 Å². The molecule has 0 saturated carbocycles. The third-order valence-corrected chi connectivity index (χ3v) is 1.31. The lowest BCUT2D eigenvalue weighted by Crippen LogP contribution is -2.03. The van der Waals surface area contributed by atoms with Crippen LogP contribution in [-0.2, 0) is 0 Å². The SMILES string of the molecule is [CH2]CC(C)n1ccnn1. The molecule has 0 aromatic carbocycles. The van der Waals surface area contributed by atoms with Gasteiger partial charge < -0.3 is 0 Å². The molecule has 3 heteroatoms. The van der Waals surface area contributed by atoms with Crippen molar-refractivity contribution in [1.82, 2.24) is 15.0 Å². The summed E-state index contributed by atoms with van der Waals surface area (Å²) in [6.45, 7) is 5.81. The van der Waals surface area contributed by atoms with Crippen LogP contribution in [0.15, 0.2) is 12.4 Å². The van der Waals surface area contributed by atoms with Gasteiger partial charge in [-0.25, -0.2) is 4.68 Å². The van der Waals surface area contributed by atoms with E-state index in [1.807, 2.05) is 6.20 Å². The van der Waals surface area contributed by atoms with Crippen molar-refractivity contribution in [3.63, 3.8) is 0 Å². The van der Waals surface area contributed by atoms with Gasteiger partial charge >= 0.3 is 0 Å². The monoisotopic (exact) mass is 124 g/mol. The van der Waals surface area contributed by atoms with Gasteiger partial charge in [0.25, 0.3) is 0 Å². The maximum Gasteiger partial charge on any atom is 0.0693 e. The van der Waals surface area contributed by atoms with Crippen LogP contribution in [0.5, 0.6) is 0 Å². The van der Waals surface area contributed by atoms with Gasteiger partial charge in [0.15, 0.2) is 0 Å². The highest BCUT2D eigenvalue weighted by Crippen LogP contribution is 2.04. The van der Waals surface area contributed by atoms with Crippen molar-refractivity contribution >= 4 is 0 Å². The lowest BCUT2D eigenvalue weighted by molar-refractivity contribution is 0.480. The molecule has 0 N–H and O–H groups in total. The standard InChI is InChI=1S/C6H10N3/c1-3-6(2)9-5-4-7-8-9/h4-6H,1,3H2,2H3. The largest absolute Gasteiger partial charge is 0.250 e. The van der Waals surface area contributed by atoms with E-state index in [2.05, 4.69) is 24.2 Å². The molecule has 0 saturated heterocycles. The molecule has 1 radical (unpaired) electrons. The minimum Gasteiger partial charge on any atom is -0.250 e. The van der Waals surface area contributed by atoms with Gasteiger partial charge in [-0.2, -0.15) is 0 Å². The summed E-state index contributed by atoms with van der Waals surface area (Å²) < 4.78 is 1.80. The van der Waals surface area contributed by atoms with E-state index >= 15 is 0 Å². The predicted octanol–water partition coefficient (Wildman–Crippen LogP) is 1.06. The first-order chi connectivity index (χ1) is 4.34. The third-order valence-electron chi connectivity index (χ3n) is 1.31. The lowest BCUT2D eigenvalue weighted by atomic mass is 10.3. The molecule has 0 fully saturated rings. The highest BCUT2D eigenvalue weighted by molar-refractivity contribution is 4.69. The van der Waals surface area contributed by atoms with Gasteiger partial charge in [-0.15, -0.1) is 5.10 Å². The Morgan fingerprint density at radius 3 is 3.00 bits per heavy atom. The maximum absolute atomic E-state index is 3.81. The van der Waals surface area contributed by atoms with E-state index < -0.39 is 0 Å². The van der Waals surface area contributed by atoms with Gasteiger partial charge in [-0.3, -0.25) is 0 Å². The second kappa shape index (κ2) is 2.62. The van der Waals surface area contributed by atoms with Crippen LogP contribution in [-0.4, -0.2) is 15.0 Å². The summed E-state index contributed by atoms with van der Waals surface area (Å²) >= 11 is 0. The predicted molar refractivity (Wildman–Crippen MR) is 34.7 cm³/mol. The van der Waals surface area contributed by atoms with E-state index in [0.717, 1.165) is 6.42 Å². The molecule has 0 bridgehead atoms. The number of nitrogens with zero attached hydrogens (tertiary/aromatic N) is 3. The summed E-state index contributed by atoms with van der Waals surface area (Å²) in [6.07, 6.45) is 4.37. The molecule has 9 heavy (non-hydrogen) atoms. The first-order valence-electron chi connectivity index (χ1n) is 2.99. The molecule has 1 heterocycles. The molecule has 1 aromatic heterocycles. The summed E-state index contributed by atoms with van der Waals surface area (Å²) in [5.41, 5.74) is 0. The van der Waals surface area contributed by atoms with Crippen molar-refractivity contribution in [3.8, 4) is 0 Å². The summed E-state index contributed by atoms with van der Waals surface area (Å²) in [7, 11) is 0. The molecule has 0 aliphatic heterocycles. The average molecular weight is 124 g/mol. The number of hydrogen-bond donors (Lipinski definition) is 0. The van der Waals surface area contributed by atoms with Crippen LogP contribution >= 0.6 is 0 Å². The van der Waals surface area contributed by atoms with Crippen LogP contribution in [0.2, 0.25) is 0 Å². The Morgan fingerprint density at radius 2 is 2.56 bits per heavy atom. The molecule has 0 aliphatic rings. The number of rotatable bonds is 2. The van der Waals surface area contributed by atoms with Crippen molar-refractivity contribution in [3.05, 3.63) is 19.3 Å². The van der Waals surface area contributed by atoms with E-state index in [1.165, 1.54) is 0 Å². The van der Waals surface area contributed by atoms with Crippen molar-refractivity contribution in [2.75, 3.05) is 0 Å². The molecular formula is C6H10N3. The molecule has 1 aromatic rings.